The topological polar surface area (TPSA) is 66.0 Å². The Hall–Kier alpha value is -1.53. The van der Waals surface area contributed by atoms with E-state index >= 15 is 0 Å². The lowest BCUT2D eigenvalue weighted by Crippen LogP contribution is -2.15. The van der Waals surface area contributed by atoms with Crippen molar-refractivity contribution in [3.05, 3.63) is 41.2 Å². The smallest absolute Gasteiger partial charge is 0.210 e. The number of aryl methyl sites for hydroxylation is 1. The first-order valence-electron chi connectivity index (χ1n) is 7.72. The minimum absolute atomic E-state index is 0.403. The number of rotatable bonds is 5. The third-order valence-corrected chi connectivity index (χ3v) is 5.34. The molecule has 0 radical (unpaired) electrons. The maximum Gasteiger partial charge on any atom is 0.210 e. The summed E-state index contributed by atoms with van der Waals surface area (Å²) in [6.45, 7) is 0.603. The van der Waals surface area contributed by atoms with Crippen LogP contribution in [0.2, 0.25) is 0 Å². The SMILES string of the molecule is COCCc1nnc(SC2CCCCc3ccccc32)n1N. The monoisotopic (exact) mass is 318 g/mol. The predicted octanol–water partition coefficient (Wildman–Crippen LogP) is 2.74. The van der Waals surface area contributed by atoms with Crippen molar-refractivity contribution in [2.24, 2.45) is 0 Å². The van der Waals surface area contributed by atoms with E-state index in [1.54, 1.807) is 23.5 Å². The maximum absolute atomic E-state index is 6.14. The zero-order valence-electron chi connectivity index (χ0n) is 12.9. The van der Waals surface area contributed by atoms with Gasteiger partial charge in [0.05, 0.1) is 6.61 Å². The van der Waals surface area contributed by atoms with Crippen LogP contribution in [-0.4, -0.2) is 28.6 Å². The number of nitrogen functional groups attached to an aromatic ring is 1. The van der Waals surface area contributed by atoms with Crippen LogP contribution < -0.4 is 5.84 Å². The second-order valence-corrected chi connectivity index (χ2v) is 6.73. The highest BCUT2D eigenvalue weighted by atomic mass is 32.2. The van der Waals surface area contributed by atoms with Gasteiger partial charge in [0.15, 0.2) is 5.82 Å². The Balaban J connectivity index is 1.80. The molecule has 2 N–H and O–H groups in total. The van der Waals surface area contributed by atoms with Crippen molar-refractivity contribution >= 4 is 11.8 Å². The van der Waals surface area contributed by atoms with Crippen LogP contribution in [0.5, 0.6) is 0 Å². The van der Waals surface area contributed by atoms with Crippen LogP contribution >= 0.6 is 11.8 Å². The first kappa shape index (κ1) is 15.4. The largest absolute Gasteiger partial charge is 0.384 e. The fourth-order valence-corrected chi connectivity index (χ4v) is 4.08. The van der Waals surface area contributed by atoms with Gasteiger partial charge in [0.25, 0.3) is 0 Å². The molecular formula is C16H22N4OS. The van der Waals surface area contributed by atoms with Crippen molar-refractivity contribution in [2.75, 3.05) is 19.6 Å². The number of benzene rings is 1. The third-order valence-electron chi connectivity index (χ3n) is 4.08. The molecule has 0 aliphatic heterocycles. The quantitative estimate of drug-likeness (QED) is 0.678. The van der Waals surface area contributed by atoms with Gasteiger partial charge in [-0.2, -0.15) is 0 Å². The number of thioether (sulfide) groups is 1. The fraction of sp³-hybridized carbons (Fsp3) is 0.500. The van der Waals surface area contributed by atoms with Crippen LogP contribution in [0.25, 0.3) is 0 Å². The zero-order chi connectivity index (χ0) is 15.4. The average Bonchev–Trinajstić information content (AvgIpc) is 2.76. The number of hydrogen-bond acceptors (Lipinski definition) is 5. The van der Waals surface area contributed by atoms with Crippen LogP contribution in [0, 0.1) is 0 Å². The molecule has 0 saturated carbocycles. The van der Waals surface area contributed by atoms with Crippen LogP contribution in [0.15, 0.2) is 29.4 Å². The van der Waals surface area contributed by atoms with E-state index in [1.807, 2.05) is 0 Å². The highest BCUT2D eigenvalue weighted by Gasteiger charge is 2.22. The van der Waals surface area contributed by atoms with Gasteiger partial charge in [-0.1, -0.05) is 42.4 Å². The van der Waals surface area contributed by atoms with E-state index in [1.165, 1.54) is 30.4 Å². The van der Waals surface area contributed by atoms with Crippen molar-refractivity contribution < 1.29 is 4.74 Å². The van der Waals surface area contributed by atoms with E-state index in [4.69, 9.17) is 10.6 Å². The van der Waals surface area contributed by atoms with E-state index in [0.717, 1.165) is 17.4 Å². The molecule has 3 rings (SSSR count). The van der Waals surface area contributed by atoms with Gasteiger partial charge in [-0.25, -0.2) is 4.68 Å². The number of hydrogen-bond donors (Lipinski definition) is 1. The lowest BCUT2D eigenvalue weighted by Gasteiger charge is -2.16. The second kappa shape index (κ2) is 7.15. The highest BCUT2D eigenvalue weighted by molar-refractivity contribution is 7.99. The molecule has 6 heteroatoms. The van der Waals surface area contributed by atoms with E-state index in [0.29, 0.717) is 18.3 Å². The number of nitrogens with two attached hydrogens (primary N) is 1. The number of ether oxygens (including phenoxy) is 1. The Labute approximate surface area is 135 Å². The Bertz CT molecular complexity index is 628. The Morgan fingerprint density at radius 2 is 2.18 bits per heavy atom. The zero-order valence-corrected chi connectivity index (χ0v) is 13.7. The van der Waals surface area contributed by atoms with Crippen molar-refractivity contribution in [1.29, 1.82) is 0 Å². The molecule has 0 fully saturated rings. The Morgan fingerprint density at radius 3 is 3.05 bits per heavy atom. The van der Waals surface area contributed by atoms with Crippen LogP contribution in [0.4, 0.5) is 0 Å². The van der Waals surface area contributed by atoms with E-state index in [2.05, 4.69) is 34.5 Å². The number of nitrogens with zero attached hydrogens (tertiary/aromatic N) is 3. The molecule has 1 atom stereocenters. The summed E-state index contributed by atoms with van der Waals surface area (Å²) in [7, 11) is 1.68. The molecule has 22 heavy (non-hydrogen) atoms. The normalized spacial score (nSPS) is 18.0. The molecular weight excluding hydrogens is 296 g/mol. The second-order valence-electron chi connectivity index (χ2n) is 5.56. The van der Waals surface area contributed by atoms with Gasteiger partial charge < -0.3 is 10.6 Å². The Morgan fingerprint density at radius 1 is 1.32 bits per heavy atom. The summed E-state index contributed by atoms with van der Waals surface area (Å²) in [5.41, 5.74) is 2.88. The van der Waals surface area contributed by atoms with Gasteiger partial charge in [0, 0.05) is 18.8 Å². The number of methoxy groups -OCH3 is 1. The molecule has 0 saturated heterocycles. The van der Waals surface area contributed by atoms with Crippen molar-refractivity contribution in [3.8, 4) is 0 Å². The molecule has 1 aromatic carbocycles. The van der Waals surface area contributed by atoms with Crippen LogP contribution in [-0.2, 0) is 17.6 Å². The summed E-state index contributed by atoms with van der Waals surface area (Å²) < 4.78 is 6.69. The summed E-state index contributed by atoms with van der Waals surface area (Å²) in [6.07, 6.45) is 5.50. The molecule has 1 aliphatic rings. The molecule has 5 nitrogen and oxygen atoms in total. The summed E-state index contributed by atoms with van der Waals surface area (Å²) in [5.74, 6) is 6.91. The lowest BCUT2D eigenvalue weighted by molar-refractivity contribution is 0.200. The first-order chi connectivity index (χ1) is 10.8. The number of aromatic nitrogens is 3. The molecule has 1 unspecified atom stereocenters. The van der Waals surface area contributed by atoms with E-state index in [9.17, 15) is 0 Å². The minimum Gasteiger partial charge on any atom is -0.384 e. The summed E-state index contributed by atoms with van der Waals surface area (Å²) in [6, 6.07) is 8.72. The van der Waals surface area contributed by atoms with Gasteiger partial charge in [-0.3, -0.25) is 0 Å². The van der Waals surface area contributed by atoms with Crippen molar-refractivity contribution in [3.63, 3.8) is 0 Å². The molecule has 1 heterocycles. The van der Waals surface area contributed by atoms with Crippen LogP contribution in [0.1, 0.15) is 41.5 Å². The molecule has 2 aromatic rings. The van der Waals surface area contributed by atoms with Gasteiger partial charge in [-0.05, 0) is 30.4 Å². The standard InChI is InChI=1S/C16H22N4OS/c1-21-11-10-15-18-19-16(20(15)17)22-14-9-5-3-7-12-6-2-4-8-13(12)14/h2,4,6,8,14H,3,5,7,9-11,17H2,1H3. The van der Waals surface area contributed by atoms with E-state index < -0.39 is 0 Å². The van der Waals surface area contributed by atoms with Gasteiger partial charge in [0.1, 0.15) is 0 Å². The van der Waals surface area contributed by atoms with Gasteiger partial charge >= 0.3 is 0 Å². The summed E-state index contributed by atoms with van der Waals surface area (Å²) in [5, 5.41) is 9.64. The molecule has 0 bridgehead atoms. The molecule has 1 aromatic heterocycles. The minimum atomic E-state index is 0.403. The van der Waals surface area contributed by atoms with Crippen molar-refractivity contribution in [1.82, 2.24) is 14.9 Å². The van der Waals surface area contributed by atoms with E-state index in [-0.39, 0.29) is 0 Å². The highest BCUT2D eigenvalue weighted by Crippen LogP contribution is 2.41. The molecule has 0 amide bonds. The average molecular weight is 318 g/mol. The maximum atomic E-state index is 6.14. The van der Waals surface area contributed by atoms with Crippen LogP contribution in [0.3, 0.4) is 0 Å². The summed E-state index contributed by atoms with van der Waals surface area (Å²) >= 11 is 1.73. The predicted molar refractivity (Wildman–Crippen MR) is 88.3 cm³/mol. The van der Waals surface area contributed by atoms with Crippen molar-refractivity contribution in [2.45, 2.75) is 42.5 Å². The summed E-state index contributed by atoms with van der Waals surface area (Å²) in [4.78, 5) is 0. The Kier molecular flexibility index (Phi) is 5.00. The first-order valence-corrected chi connectivity index (χ1v) is 8.60. The van der Waals surface area contributed by atoms with Gasteiger partial charge in [-0.15, -0.1) is 10.2 Å². The molecule has 118 valence electrons. The van der Waals surface area contributed by atoms with Gasteiger partial charge in [0.2, 0.25) is 5.16 Å². The third kappa shape index (κ3) is 3.28. The molecule has 0 spiro atoms. The molecule has 1 aliphatic carbocycles. The fourth-order valence-electron chi connectivity index (χ4n) is 2.88. The number of fused-ring (bicyclic) bond motifs is 1. The lowest BCUT2D eigenvalue weighted by atomic mass is 10.0.